The van der Waals surface area contributed by atoms with Gasteiger partial charge in [-0.2, -0.15) is 5.10 Å². The van der Waals surface area contributed by atoms with E-state index in [1.54, 1.807) is 6.33 Å². The maximum absolute atomic E-state index is 4.32. The molecule has 0 amide bonds. The second-order valence-electron chi connectivity index (χ2n) is 4.90. The molecule has 17 heavy (non-hydrogen) atoms. The van der Waals surface area contributed by atoms with E-state index in [0.29, 0.717) is 11.3 Å². The minimum atomic E-state index is 0.623. The summed E-state index contributed by atoms with van der Waals surface area (Å²) in [6.45, 7) is 5.59. The van der Waals surface area contributed by atoms with Gasteiger partial charge in [0.15, 0.2) is 5.16 Å². The van der Waals surface area contributed by atoms with Crippen LogP contribution in [0.2, 0.25) is 0 Å². The molecule has 1 saturated carbocycles. The van der Waals surface area contributed by atoms with Crippen molar-refractivity contribution < 1.29 is 0 Å². The van der Waals surface area contributed by atoms with E-state index in [1.165, 1.54) is 19.3 Å². The van der Waals surface area contributed by atoms with Gasteiger partial charge >= 0.3 is 0 Å². The van der Waals surface area contributed by atoms with E-state index >= 15 is 0 Å². The number of aryl methyl sites for hydroxylation is 1. The predicted octanol–water partition coefficient (Wildman–Crippen LogP) is 2.07. The molecule has 2 rings (SSSR count). The quantitative estimate of drug-likeness (QED) is 0.893. The molecule has 0 aromatic carbocycles. The van der Waals surface area contributed by atoms with Gasteiger partial charge < -0.3 is 5.32 Å². The first-order valence-corrected chi connectivity index (χ1v) is 7.32. The summed E-state index contributed by atoms with van der Waals surface area (Å²) in [5.74, 6) is 0.829. The highest BCUT2D eigenvalue weighted by Crippen LogP contribution is 2.35. The van der Waals surface area contributed by atoms with E-state index in [-0.39, 0.29) is 0 Å². The van der Waals surface area contributed by atoms with Crippen molar-refractivity contribution in [2.75, 3.05) is 6.54 Å². The maximum atomic E-state index is 4.32. The number of thioether (sulfide) groups is 1. The average molecular weight is 254 g/mol. The van der Waals surface area contributed by atoms with Gasteiger partial charge in [-0.1, -0.05) is 25.6 Å². The number of nitrogens with zero attached hydrogens (tertiary/aromatic N) is 3. The van der Waals surface area contributed by atoms with Gasteiger partial charge in [-0.25, -0.2) is 9.67 Å². The first kappa shape index (κ1) is 12.9. The highest BCUT2D eigenvalue weighted by atomic mass is 32.2. The topological polar surface area (TPSA) is 42.7 Å². The fourth-order valence-electron chi connectivity index (χ4n) is 2.48. The normalized spacial score (nSPS) is 29.5. The summed E-state index contributed by atoms with van der Waals surface area (Å²) in [6.07, 6.45) is 5.53. The lowest BCUT2D eigenvalue weighted by atomic mass is 9.87. The minimum Gasteiger partial charge on any atom is -0.313 e. The summed E-state index contributed by atoms with van der Waals surface area (Å²) in [5.41, 5.74) is 0. The Hall–Kier alpha value is -0.550. The molecule has 1 aliphatic carbocycles. The van der Waals surface area contributed by atoms with Crippen LogP contribution in [-0.2, 0) is 7.05 Å². The average Bonchev–Trinajstić information content (AvgIpc) is 2.69. The molecule has 0 radical (unpaired) electrons. The molecule has 4 nitrogen and oxygen atoms in total. The van der Waals surface area contributed by atoms with Crippen molar-refractivity contribution in [3.05, 3.63) is 6.33 Å². The smallest absolute Gasteiger partial charge is 0.186 e. The molecule has 1 aromatic rings. The van der Waals surface area contributed by atoms with Gasteiger partial charge in [0.2, 0.25) is 0 Å². The maximum Gasteiger partial charge on any atom is 0.186 e. The van der Waals surface area contributed by atoms with Gasteiger partial charge in [0, 0.05) is 18.3 Å². The van der Waals surface area contributed by atoms with E-state index in [0.717, 1.165) is 17.6 Å². The molecule has 1 aliphatic rings. The molecule has 1 fully saturated rings. The first-order valence-electron chi connectivity index (χ1n) is 6.44. The van der Waals surface area contributed by atoms with Gasteiger partial charge in [0.1, 0.15) is 6.33 Å². The van der Waals surface area contributed by atoms with Gasteiger partial charge in [-0.05, 0) is 31.7 Å². The van der Waals surface area contributed by atoms with Crippen LogP contribution in [0.25, 0.3) is 0 Å². The Morgan fingerprint density at radius 2 is 2.35 bits per heavy atom. The lowest BCUT2D eigenvalue weighted by molar-refractivity contribution is 0.320. The van der Waals surface area contributed by atoms with Crippen molar-refractivity contribution >= 4 is 11.8 Å². The van der Waals surface area contributed by atoms with Crippen LogP contribution < -0.4 is 5.32 Å². The molecule has 0 saturated heterocycles. The number of nitrogens with one attached hydrogen (secondary N) is 1. The molecule has 1 N–H and O–H groups in total. The Balaban J connectivity index is 2.02. The lowest BCUT2D eigenvalue weighted by Gasteiger charge is -2.34. The van der Waals surface area contributed by atoms with E-state index in [4.69, 9.17) is 0 Å². The third-order valence-electron chi connectivity index (χ3n) is 3.45. The molecule has 0 bridgehead atoms. The Morgan fingerprint density at radius 3 is 3.00 bits per heavy atom. The highest BCUT2D eigenvalue weighted by Gasteiger charge is 2.29. The fraction of sp³-hybridized carbons (Fsp3) is 0.833. The van der Waals surface area contributed by atoms with Crippen molar-refractivity contribution in [1.29, 1.82) is 0 Å². The van der Waals surface area contributed by atoms with Crippen molar-refractivity contribution in [3.63, 3.8) is 0 Å². The van der Waals surface area contributed by atoms with Crippen LogP contribution in [0, 0.1) is 5.92 Å². The zero-order chi connectivity index (χ0) is 12.3. The summed E-state index contributed by atoms with van der Waals surface area (Å²) >= 11 is 1.88. The Morgan fingerprint density at radius 1 is 1.53 bits per heavy atom. The van der Waals surface area contributed by atoms with Gasteiger partial charge in [0.25, 0.3) is 0 Å². The van der Waals surface area contributed by atoms with Gasteiger partial charge in [-0.15, -0.1) is 0 Å². The van der Waals surface area contributed by atoms with E-state index in [2.05, 4.69) is 29.2 Å². The number of hydrogen-bond acceptors (Lipinski definition) is 4. The number of rotatable bonds is 4. The van der Waals surface area contributed by atoms with Crippen LogP contribution in [0.5, 0.6) is 0 Å². The van der Waals surface area contributed by atoms with E-state index in [1.807, 2.05) is 23.5 Å². The van der Waals surface area contributed by atoms with Crippen LogP contribution in [0.3, 0.4) is 0 Å². The van der Waals surface area contributed by atoms with Gasteiger partial charge in [-0.3, -0.25) is 0 Å². The summed E-state index contributed by atoms with van der Waals surface area (Å²) in [7, 11) is 1.96. The minimum absolute atomic E-state index is 0.623. The second-order valence-corrected chi connectivity index (χ2v) is 6.11. The largest absolute Gasteiger partial charge is 0.313 e. The molecule has 3 atom stereocenters. The molecule has 96 valence electrons. The molecule has 1 aromatic heterocycles. The second kappa shape index (κ2) is 5.87. The third-order valence-corrected chi connectivity index (χ3v) is 4.85. The SMILES string of the molecule is CCNC1CCC(C)CC1Sc1ncnn1C. The van der Waals surface area contributed by atoms with E-state index < -0.39 is 0 Å². The summed E-state index contributed by atoms with van der Waals surface area (Å²) < 4.78 is 1.87. The van der Waals surface area contributed by atoms with Crippen LogP contribution in [0.1, 0.15) is 33.1 Å². The van der Waals surface area contributed by atoms with Crippen LogP contribution >= 0.6 is 11.8 Å². The number of aromatic nitrogens is 3. The van der Waals surface area contributed by atoms with Crippen molar-refractivity contribution in [3.8, 4) is 0 Å². The molecular formula is C12H22N4S. The van der Waals surface area contributed by atoms with Crippen molar-refractivity contribution in [2.24, 2.45) is 13.0 Å². The molecule has 5 heteroatoms. The molecule has 0 aliphatic heterocycles. The van der Waals surface area contributed by atoms with Crippen LogP contribution in [0.15, 0.2) is 11.5 Å². The zero-order valence-corrected chi connectivity index (χ0v) is 11.7. The standard InChI is InChI=1S/C12H22N4S/c1-4-13-10-6-5-9(2)7-11(10)17-12-14-8-15-16(12)3/h8-11,13H,4-7H2,1-3H3. The Labute approximate surface area is 108 Å². The molecule has 1 heterocycles. The first-order chi connectivity index (χ1) is 8.20. The molecule has 3 unspecified atom stereocenters. The van der Waals surface area contributed by atoms with E-state index in [9.17, 15) is 0 Å². The monoisotopic (exact) mass is 254 g/mol. The van der Waals surface area contributed by atoms with Crippen LogP contribution in [0.4, 0.5) is 0 Å². The Kier molecular flexibility index (Phi) is 4.45. The van der Waals surface area contributed by atoms with Gasteiger partial charge in [0.05, 0.1) is 0 Å². The highest BCUT2D eigenvalue weighted by molar-refractivity contribution is 7.99. The summed E-state index contributed by atoms with van der Waals surface area (Å²) in [6, 6.07) is 0.623. The lowest BCUT2D eigenvalue weighted by Crippen LogP contribution is -2.42. The summed E-state index contributed by atoms with van der Waals surface area (Å²) in [5, 5.41) is 9.41. The van der Waals surface area contributed by atoms with Crippen LogP contribution in [-0.4, -0.2) is 32.6 Å². The zero-order valence-electron chi connectivity index (χ0n) is 10.9. The summed E-state index contributed by atoms with van der Waals surface area (Å²) in [4.78, 5) is 4.32. The molecular weight excluding hydrogens is 232 g/mol. The fourth-order valence-corrected chi connectivity index (χ4v) is 3.88. The van der Waals surface area contributed by atoms with Crippen molar-refractivity contribution in [1.82, 2.24) is 20.1 Å². The Bertz CT molecular complexity index is 352. The molecule has 0 spiro atoms. The number of hydrogen-bond donors (Lipinski definition) is 1. The third kappa shape index (κ3) is 3.22. The van der Waals surface area contributed by atoms with Crippen molar-refractivity contribution in [2.45, 2.75) is 49.6 Å². The predicted molar refractivity (Wildman–Crippen MR) is 71.1 cm³/mol.